The summed E-state index contributed by atoms with van der Waals surface area (Å²) in [5.41, 5.74) is -1.02. The van der Waals surface area contributed by atoms with Crippen molar-refractivity contribution in [2.24, 2.45) is 0 Å². The maximum Gasteiger partial charge on any atom is 0.330 e. The number of aromatic amines is 1. The number of alkyl halides is 1. The van der Waals surface area contributed by atoms with Gasteiger partial charge in [0.25, 0.3) is 5.56 Å². The van der Waals surface area contributed by atoms with Gasteiger partial charge in [0.2, 0.25) is 0 Å². The number of rotatable bonds is 3. The summed E-state index contributed by atoms with van der Waals surface area (Å²) in [6.07, 6.45) is 0.125. The van der Waals surface area contributed by atoms with Crippen LogP contribution < -0.4 is 11.2 Å². The summed E-state index contributed by atoms with van der Waals surface area (Å²) in [6.45, 7) is 3.22. The molecule has 0 radical (unpaired) electrons. The van der Waals surface area contributed by atoms with Crippen molar-refractivity contribution in [1.82, 2.24) is 9.55 Å². The number of aromatic nitrogens is 2. The van der Waals surface area contributed by atoms with Crippen LogP contribution in [0.5, 0.6) is 0 Å². The van der Waals surface area contributed by atoms with E-state index in [9.17, 15) is 14.7 Å². The third-order valence-electron chi connectivity index (χ3n) is 2.96. The lowest BCUT2D eigenvalue weighted by Crippen LogP contribution is -2.37. The standard InChI is InChI=1S/C11H13IN2O5/c1-2-5-3-14(11(18)13-9(5)17)10-8(16)7(12)6(4-15)19-10/h2-3,6-8,10,15-16H,1,4H2,(H,13,17,18)/t6-,7?,8?,10-/m0/s1. The molecule has 1 aromatic rings. The van der Waals surface area contributed by atoms with Gasteiger partial charge in [-0.1, -0.05) is 35.2 Å². The zero-order chi connectivity index (χ0) is 14.2. The van der Waals surface area contributed by atoms with Crippen LogP contribution in [0.15, 0.2) is 22.4 Å². The van der Waals surface area contributed by atoms with Gasteiger partial charge < -0.3 is 14.9 Å². The molecule has 2 rings (SSSR count). The fourth-order valence-electron chi connectivity index (χ4n) is 1.92. The zero-order valence-corrected chi connectivity index (χ0v) is 12.0. The topological polar surface area (TPSA) is 105 Å². The summed E-state index contributed by atoms with van der Waals surface area (Å²) in [5.74, 6) is 0. The van der Waals surface area contributed by atoms with Crippen LogP contribution in [0.4, 0.5) is 0 Å². The van der Waals surface area contributed by atoms with E-state index in [4.69, 9.17) is 9.84 Å². The van der Waals surface area contributed by atoms with Crippen molar-refractivity contribution in [2.75, 3.05) is 6.61 Å². The summed E-state index contributed by atoms with van der Waals surface area (Å²) < 4.78 is 6.19. The summed E-state index contributed by atoms with van der Waals surface area (Å²) in [6, 6.07) is 0. The largest absolute Gasteiger partial charge is 0.394 e. The number of H-pyrrole nitrogens is 1. The number of aliphatic hydroxyl groups excluding tert-OH is 2. The molecule has 19 heavy (non-hydrogen) atoms. The average molecular weight is 380 g/mol. The Hall–Kier alpha value is -0.970. The number of hydrogen-bond donors (Lipinski definition) is 3. The van der Waals surface area contributed by atoms with Crippen LogP contribution in [0, 0.1) is 0 Å². The Morgan fingerprint density at radius 2 is 2.26 bits per heavy atom. The Labute approximate surface area is 121 Å². The van der Waals surface area contributed by atoms with Gasteiger partial charge in [-0.05, 0) is 0 Å². The predicted octanol–water partition coefficient (Wildman–Crippen LogP) is -0.766. The van der Waals surface area contributed by atoms with E-state index in [0.717, 1.165) is 4.57 Å². The van der Waals surface area contributed by atoms with Gasteiger partial charge in [0.1, 0.15) is 6.10 Å². The molecule has 0 aliphatic carbocycles. The van der Waals surface area contributed by atoms with Gasteiger partial charge in [0, 0.05) is 6.20 Å². The highest BCUT2D eigenvalue weighted by atomic mass is 127. The lowest BCUT2D eigenvalue weighted by Gasteiger charge is -2.17. The normalized spacial score (nSPS) is 30.5. The molecule has 0 bridgehead atoms. The van der Waals surface area contributed by atoms with Crippen molar-refractivity contribution in [2.45, 2.75) is 22.4 Å². The Morgan fingerprint density at radius 3 is 2.79 bits per heavy atom. The second kappa shape index (κ2) is 5.57. The fourth-order valence-corrected chi connectivity index (χ4v) is 2.67. The van der Waals surface area contributed by atoms with Crippen LogP contribution in [-0.2, 0) is 4.74 Å². The lowest BCUT2D eigenvalue weighted by molar-refractivity contribution is -0.0530. The van der Waals surface area contributed by atoms with E-state index in [0.29, 0.717) is 0 Å². The van der Waals surface area contributed by atoms with Gasteiger partial charge in [-0.3, -0.25) is 14.3 Å². The maximum atomic E-state index is 11.8. The average Bonchev–Trinajstić information content (AvgIpc) is 2.67. The monoisotopic (exact) mass is 380 g/mol. The molecule has 2 unspecified atom stereocenters. The first-order valence-electron chi connectivity index (χ1n) is 5.56. The van der Waals surface area contributed by atoms with E-state index in [1.807, 2.05) is 22.6 Å². The van der Waals surface area contributed by atoms with Crippen molar-refractivity contribution >= 4 is 28.7 Å². The van der Waals surface area contributed by atoms with Gasteiger partial charge >= 0.3 is 5.69 Å². The van der Waals surface area contributed by atoms with Crippen LogP contribution in [-0.4, -0.2) is 42.5 Å². The molecule has 0 aromatic carbocycles. The number of aliphatic hydroxyl groups is 2. The molecule has 1 aliphatic rings. The van der Waals surface area contributed by atoms with Gasteiger partial charge in [0.05, 0.1) is 22.2 Å². The summed E-state index contributed by atoms with van der Waals surface area (Å²) in [7, 11) is 0. The Balaban J connectivity index is 2.46. The van der Waals surface area contributed by atoms with Crippen molar-refractivity contribution in [3.63, 3.8) is 0 Å². The van der Waals surface area contributed by atoms with E-state index in [2.05, 4.69) is 11.6 Å². The van der Waals surface area contributed by atoms with E-state index in [1.54, 1.807) is 0 Å². The highest BCUT2D eigenvalue weighted by Crippen LogP contribution is 2.33. The van der Waals surface area contributed by atoms with Gasteiger partial charge in [-0.15, -0.1) is 0 Å². The third kappa shape index (κ3) is 2.53. The summed E-state index contributed by atoms with van der Waals surface area (Å²) in [5, 5.41) is 19.2. The van der Waals surface area contributed by atoms with Crippen LogP contribution in [0.1, 0.15) is 11.8 Å². The van der Waals surface area contributed by atoms with Crippen molar-refractivity contribution in [1.29, 1.82) is 0 Å². The Bertz CT molecular complexity index is 595. The van der Waals surface area contributed by atoms with E-state index in [1.165, 1.54) is 12.3 Å². The second-order valence-corrected chi connectivity index (χ2v) is 5.58. The van der Waals surface area contributed by atoms with Gasteiger partial charge in [0.15, 0.2) is 6.23 Å². The minimum Gasteiger partial charge on any atom is -0.394 e. The van der Waals surface area contributed by atoms with Crippen molar-refractivity contribution in [3.05, 3.63) is 39.2 Å². The second-order valence-electron chi connectivity index (χ2n) is 4.14. The van der Waals surface area contributed by atoms with E-state index in [-0.39, 0.29) is 16.1 Å². The first-order chi connectivity index (χ1) is 8.99. The number of nitrogens with zero attached hydrogens (tertiary/aromatic N) is 1. The molecule has 104 valence electrons. The molecule has 3 N–H and O–H groups in total. The van der Waals surface area contributed by atoms with Crippen molar-refractivity contribution < 1.29 is 14.9 Å². The molecular weight excluding hydrogens is 367 g/mol. The molecule has 4 atom stereocenters. The van der Waals surface area contributed by atoms with Crippen LogP contribution >= 0.6 is 22.6 Å². The van der Waals surface area contributed by atoms with Crippen LogP contribution in [0.3, 0.4) is 0 Å². The highest BCUT2D eigenvalue weighted by Gasteiger charge is 2.43. The molecule has 0 amide bonds. The number of nitrogens with one attached hydrogen (secondary N) is 1. The zero-order valence-electron chi connectivity index (χ0n) is 9.82. The predicted molar refractivity (Wildman–Crippen MR) is 76.2 cm³/mol. The molecule has 1 aliphatic heterocycles. The fraction of sp³-hybridized carbons (Fsp3) is 0.455. The molecule has 7 nitrogen and oxygen atoms in total. The van der Waals surface area contributed by atoms with Gasteiger partial charge in [-0.2, -0.15) is 0 Å². The molecular formula is C11H13IN2O5. The van der Waals surface area contributed by atoms with Crippen LogP contribution in [0.25, 0.3) is 6.08 Å². The molecule has 1 aromatic heterocycles. The highest BCUT2D eigenvalue weighted by molar-refractivity contribution is 14.1. The SMILES string of the molecule is C=Cc1cn([C@H]2O[C@@H](CO)C(I)C2O)c(=O)[nH]c1=O. The molecule has 2 heterocycles. The minimum atomic E-state index is -0.959. The van der Waals surface area contributed by atoms with Gasteiger partial charge in [-0.25, -0.2) is 4.79 Å². The number of hydrogen-bond acceptors (Lipinski definition) is 5. The molecule has 8 heteroatoms. The number of ether oxygens (including phenoxy) is 1. The summed E-state index contributed by atoms with van der Waals surface area (Å²) >= 11 is 1.96. The quantitative estimate of drug-likeness (QED) is 0.472. The first-order valence-corrected chi connectivity index (χ1v) is 6.80. The molecule has 0 spiro atoms. The molecule has 1 saturated heterocycles. The number of halogens is 1. The van der Waals surface area contributed by atoms with E-state index >= 15 is 0 Å². The molecule has 1 fully saturated rings. The first kappa shape index (κ1) is 14.4. The third-order valence-corrected chi connectivity index (χ3v) is 4.50. The molecule has 0 saturated carbocycles. The maximum absolute atomic E-state index is 11.8. The summed E-state index contributed by atoms with van der Waals surface area (Å²) in [4.78, 5) is 25.3. The van der Waals surface area contributed by atoms with Crippen LogP contribution in [0.2, 0.25) is 0 Å². The van der Waals surface area contributed by atoms with Crippen molar-refractivity contribution in [3.8, 4) is 0 Å². The Kier molecular flexibility index (Phi) is 4.23. The smallest absolute Gasteiger partial charge is 0.330 e. The Morgan fingerprint density at radius 1 is 1.58 bits per heavy atom. The lowest BCUT2D eigenvalue weighted by atomic mass is 10.2. The minimum absolute atomic E-state index is 0.202. The van der Waals surface area contributed by atoms with E-state index < -0.39 is 29.7 Å².